The monoisotopic (exact) mass is 227 g/mol. The van der Waals surface area contributed by atoms with E-state index in [0.29, 0.717) is 5.71 Å². The molecule has 1 heterocycles. The summed E-state index contributed by atoms with van der Waals surface area (Å²) < 4.78 is 0. The third kappa shape index (κ3) is 2.22. The van der Waals surface area contributed by atoms with E-state index in [9.17, 15) is 5.26 Å². The molecule has 0 amide bonds. The lowest BCUT2D eigenvalue weighted by atomic mass is 9.96. The Balaban J connectivity index is 2.37. The fourth-order valence-corrected chi connectivity index (χ4v) is 2.34. The summed E-state index contributed by atoms with van der Waals surface area (Å²) in [5.74, 6) is 0. The van der Waals surface area contributed by atoms with Crippen molar-refractivity contribution >= 4 is 5.71 Å². The van der Waals surface area contributed by atoms with Gasteiger partial charge in [0.25, 0.3) is 0 Å². The van der Waals surface area contributed by atoms with Crippen molar-refractivity contribution < 1.29 is 0 Å². The van der Waals surface area contributed by atoms with Crippen molar-refractivity contribution in [1.82, 2.24) is 4.90 Å². The second kappa shape index (κ2) is 5.11. The Bertz CT molecular complexity index is 467. The molecule has 3 nitrogen and oxygen atoms in total. The van der Waals surface area contributed by atoms with E-state index < -0.39 is 0 Å². The summed E-state index contributed by atoms with van der Waals surface area (Å²) in [6.07, 6.45) is 1.03. The first-order chi connectivity index (χ1) is 8.30. The van der Waals surface area contributed by atoms with Gasteiger partial charge in [-0.15, -0.1) is 0 Å². The Kier molecular flexibility index (Phi) is 3.55. The lowest BCUT2D eigenvalue weighted by Crippen LogP contribution is -2.38. The zero-order chi connectivity index (χ0) is 12.3. The van der Waals surface area contributed by atoms with Crippen molar-refractivity contribution in [1.29, 1.82) is 5.26 Å². The van der Waals surface area contributed by atoms with Gasteiger partial charge in [-0.2, -0.15) is 5.26 Å². The summed E-state index contributed by atoms with van der Waals surface area (Å²) in [6, 6.07) is 10.3. The Hall–Kier alpha value is -1.66. The zero-order valence-corrected chi connectivity index (χ0v) is 10.3. The molecule has 1 unspecified atom stereocenters. The van der Waals surface area contributed by atoms with Crippen molar-refractivity contribution in [2.45, 2.75) is 26.4 Å². The molecule has 17 heavy (non-hydrogen) atoms. The first-order valence-corrected chi connectivity index (χ1v) is 6.10. The van der Waals surface area contributed by atoms with Crippen LogP contribution in [0.5, 0.6) is 0 Å². The number of benzene rings is 1. The van der Waals surface area contributed by atoms with Crippen LogP contribution >= 0.6 is 0 Å². The molecule has 1 aliphatic heterocycles. The minimum atomic E-state index is 0.120. The van der Waals surface area contributed by atoms with Crippen LogP contribution in [-0.4, -0.2) is 29.9 Å². The lowest BCUT2D eigenvalue weighted by molar-refractivity contribution is 0.220. The van der Waals surface area contributed by atoms with Gasteiger partial charge in [0.15, 0.2) is 0 Å². The summed E-state index contributed by atoms with van der Waals surface area (Å²) in [5, 5.41) is 9.18. The van der Waals surface area contributed by atoms with E-state index in [1.165, 1.54) is 5.56 Å². The fourth-order valence-electron chi connectivity index (χ4n) is 2.34. The number of aliphatic imine (C=N–C) groups is 1. The van der Waals surface area contributed by atoms with Crippen LogP contribution in [0.15, 0.2) is 29.3 Å². The number of nitrogens with zero attached hydrogens (tertiary/aromatic N) is 3. The number of hydrogen-bond acceptors (Lipinski definition) is 3. The largest absolute Gasteiger partial charge is 0.282 e. The minimum absolute atomic E-state index is 0.120. The van der Waals surface area contributed by atoms with Gasteiger partial charge in [0.1, 0.15) is 17.9 Å². The van der Waals surface area contributed by atoms with E-state index in [4.69, 9.17) is 0 Å². The van der Waals surface area contributed by atoms with Crippen LogP contribution in [0, 0.1) is 11.3 Å². The van der Waals surface area contributed by atoms with Gasteiger partial charge in [-0.05, 0) is 18.7 Å². The smallest absolute Gasteiger partial charge is 0.144 e. The Morgan fingerprint density at radius 2 is 2.06 bits per heavy atom. The summed E-state index contributed by atoms with van der Waals surface area (Å²) in [4.78, 5) is 6.85. The molecule has 3 heteroatoms. The molecule has 0 aliphatic carbocycles. The maximum absolute atomic E-state index is 9.18. The number of hydrogen-bond donors (Lipinski definition) is 0. The second-order valence-electron chi connectivity index (χ2n) is 4.15. The van der Waals surface area contributed by atoms with E-state index in [1.807, 2.05) is 18.2 Å². The highest BCUT2D eigenvalue weighted by molar-refractivity contribution is 6.13. The van der Waals surface area contributed by atoms with Crippen molar-refractivity contribution in [3.8, 4) is 6.07 Å². The van der Waals surface area contributed by atoms with Crippen molar-refractivity contribution in [2.75, 3.05) is 13.1 Å². The Morgan fingerprint density at radius 1 is 1.35 bits per heavy atom. The summed E-state index contributed by atoms with van der Waals surface area (Å²) >= 11 is 0. The molecule has 88 valence electrons. The fraction of sp³-hybridized carbons (Fsp3) is 0.429. The summed E-state index contributed by atoms with van der Waals surface area (Å²) in [6.45, 7) is 6.19. The first kappa shape index (κ1) is 11.8. The predicted molar refractivity (Wildman–Crippen MR) is 69.0 cm³/mol. The van der Waals surface area contributed by atoms with E-state index >= 15 is 0 Å². The Labute approximate surface area is 102 Å². The van der Waals surface area contributed by atoms with Crippen LogP contribution in [0.2, 0.25) is 0 Å². The van der Waals surface area contributed by atoms with Gasteiger partial charge in [-0.1, -0.05) is 38.1 Å². The number of rotatable bonds is 3. The van der Waals surface area contributed by atoms with Gasteiger partial charge in [-0.3, -0.25) is 9.89 Å². The number of likely N-dealkylation sites (N-methyl/N-ethyl adjacent to an activating group) is 1. The highest BCUT2D eigenvalue weighted by Gasteiger charge is 2.23. The summed E-state index contributed by atoms with van der Waals surface area (Å²) in [7, 11) is 0. The van der Waals surface area contributed by atoms with Crippen LogP contribution in [0.3, 0.4) is 0 Å². The first-order valence-electron chi connectivity index (χ1n) is 6.10. The van der Waals surface area contributed by atoms with Crippen LogP contribution in [0.4, 0.5) is 0 Å². The highest BCUT2D eigenvalue weighted by atomic mass is 15.2. The average Bonchev–Trinajstić information content (AvgIpc) is 2.39. The van der Waals surface area contributed by atoms with E-state index in [0.717, 1.165) is 25.1 Å². The third-order valence-electron chi connectivity index (χ3n) is 3.29. The highest BCUT2D eigenvalue weighted by Crippen LogP contribution is 2.21. The van der Waals surface area contributed by atoms with E-state index in [2.05, 4.69) is 35.9 Å². The number of fused-ring (bicyclic) bond motifs is 1. The predicted octanol–water partition coefficient (Wildman–Crippen LogP) is 2.22. The molecule has 1 aromatic rings. The van der Waals surface area contributed by atoms with Crippen molar-refractivity contribution in [3.63, 3.8) is 0 Å². The topological polar surface area (TPSA) is 39.4 Å². The molecule has 0 bridgehead atoms. The maximum Gasteiger partial charge on any atom is 0.144 e. The molecule has 2 rings (SSSR count). The normalized spacial score (nSPS) is 18.5. The molecule has 1 aromatic carbocycles. The lowest BCUT2D eigenvalue weighted by Gasteiger charge is -2.30. The van der Waals surface area contributed by atoms with Crippen molar-refractivity contribution in [2.24, 2.45) is 4.99 Å². The minimum Gasteiger partial charge on any atom is -0.282 e. The van der Waals surface area contributed by atoms with E-state index in [1.54, 1.807) is 0 Å². The molecule has 0 saturated carbocycles. The van der Waals surface area contributed by atoms with Gasteiger partial charge >= 0.3 is 0 Å². The summed E-state index contributed by atoms with van der Waals surface area (Å²) in [5.41, 5.74) is 2.80. The zero-order valence-electron chi connectivity index (χ0n) is 10.3. The number of nitriles is 1. The van der Waals surface area contributed by atoms with Crippen LogP contribution in [0.1, 0.15) is 25.0 Å². The third-order valence-corrected chi connectivity index (χ3v) is 3.29. The van der Waals surface area contributed by atoms with Gasteiger partial charge in [0, 0.05) is 12.0 Å². The molecule has 0 radical (unpaired) electrons. The molecular formula is C14H17N3. The van der Waals surface area contributed by atoms with Gasteiger partial charge in [0.05, 0.1) is 0 Å². The van der Waals surface area contributed by atoms with Gasteiger partial charge < -0.3 is 0 Å². The quantitative estimate of drug-likeness (QED) is 0.794. The average molecular weight is 227 g/mol. The molecule has 0 aromatic heterocycles. The second-order valence-corrected chi connectivity index (χ2v) is 4.15. The van der Waals surface area contributed by atoms with Gasteiger partial charge in [0.2, 0.25) is 0 Å². The molecule has 1 atom stereocenters. The molecular weight excluding hydrogens is 210 g/mol. The van der Waals surface area contributed by atoms with Crippen LogP contribution in [-0.2, 0) is 6.42 Å². The standard InChI is InChI=1S/C14H17N3/c1-3-17(4-2)14-9-11-7-5-6-8-12(11)13(10-15)16-14/h5-8,14H,3-4,9H2,1-2H3. The maximum atomic E-state index is 9.18. The molecule has 0 spiro atoms. The van der Waals surface area contributed by atoms with E-state index in [-0.39, 0.29) is 6.17 Å². The van der Waals surface area contributed by atoms with Crippen LogP contribution in [0.25, 0.3) is 0 Å². The van der Waals surface area contributed by atoms with Gasteiger partial charge in [-0.25, -0.2) is 0 Å². The Morgan fingerprint density at radius 3 is 2.71 bits per heavy atom. The van der Waals surface area contributed by atoms with Crippen LogP contribution < -0.4 is 0 Å². The molecule has 1 aliphatic rings. The molecule has 0 fully saturated rings. The SMILES string of the molecule is CCN(CC)C1Cc2ccccc2C(C#N)=N1. The molecule has 0 N–H and O–H groups in total. The van der Waals surface area contributed by atoms with Crippen molar-refractivity contribution in [3.05, 3.63) is 35.4 Å². The molecule has 0 saturated heterocycles.